The van der Waals surface area contributed by atoms with Crippen LogP contribution in [0.5, 0.6) is 0 Å². The Hall–Kier alpha value is -4.32. The number of hydrogen-bond acceptors (Lipinski definition) is 5. The summed E-state index contributed by atoms with van der Waals surface area (Å²) >= 11 is 3.43. The Morgan fingerprint density at radius 2 is 0.923 bits per heavy atom. The SMILES string of the molecule is Cc1ccc(N(c2ccsc2)c2cccc(N(c3ccccc3)c3ccc(N(C)c4ccsc4)cc3)c2)cc1. The van der Waals surface area contributed by atoms with E-state index in [1.54, 1.807) is 22.7 Å². The van der Waals surface area contributed by atoms with E-state index in [1.807, 2.05) is 0 Å². The Kier molecular flexibility index (Phi) is 7.17. The van der Waals surface area contributed by atoms with Gasteiger partial charge in [-0.15, -0.1) is 0 Å². The van der Waals surface area contributed by atoms with Crippen molar-refractivity contribution in [2.24, 2.45) is 0 Å². The fraction of sp³-hybridized carbons (Fsp3) is 0.0588. The summed E-state index contributed by atoms with van der Waals surface area (Å²) in [5, 5.41) is 8.61. The van der Waals surface area contributed by atoms with Crippen LogP contribution in [0.1, 0.15) is 5.56 Å². The average Bonchev–Trinajstić information content (AvgIpc) is 3.71. The predicted molar refractivity (Wildman–Crippen MR) is 171 cm³/mol. The maximum atomic E-state index is 2.32. The summed E-state index contributed by atoms with van der Waals surface area (Å²) in [6.07, 6.45) is 0. The molecule has 0 fully saturated rings. The first-order chi connectivity index (χ1) is 19.2. The lowest BCUT2D eigenvalue weighted by atomic mass is 10.1. The van der Waals surface area contributed by atoms with Crippen LogP contribution in [0, 0.1) is 6.92 Å². The Bertz CT molecular complexity index is 1610. The van der Waals surface area contributed by atoms with Gasteiger partial charge < -0.3 is 14.7 Å². The van der Waals surface area contributed by atoms with Crippen LogP contribution in [0.15, 0.2) is 137 Å². The van der Waals surface area contributed by atoms with Gasteiger partial charge >= 0.3 is 0 Å². The zero-order valence-electron chi connectivity index (χ0n) is 21.9. The molecule has 0 amide bonds. The van der Waals surface area contributed by atoms with Gasteiger partial charge in [0.25, 0.3) is 0 Å². The van der Waals surface area contributed by atoms with Gasteiger partial charge in [-0.05, 0) is 96.5 Å². The molecule has 39 heavy (non-hydrogen) atoms. The summed E-state index contributed by atoms with van der Waals surface area (Å²) in [4.78, 5) is 6.86. The topological polar surface area (TPSA) is 9.72 Å². The average molecular weight is 544 g/mol. The number of benzene rings is 4. The Morgan fingerprint density at radius 1 is 0.436 bits per heavy atom. The van der Waals surface area contributed by atoms with Crippen molar-refractivity contribution in [2.45, 2.75) is 6.92 Å². The van der Waals surface area contributed by atoms with Gasteiger partial charge in [0, 0.05) is 51.9 Å². The van der Waals surface area contributed by atoms with E-state index >= 15 is 0 Å². The van der Waals surface area contributed by atoms with E-state index < -0.39 is 0 Å². The van der Waals surface area contributed by atoms with Crippen molar-refractivity contribution < 1.29 is 0 Å². The molecule has 0 saturated heterocycles. The van der Waals surface area contributed by atoms with Crippen molar-refractivity contribution in [3.8, 4) is 0 Å². The molecule has 6 aromatic rings. The fourth-order valence-electron chi connectivity index (χ4n) is 4.74. The van der Waals surface area contributed by atoms with Crippen molar-refractivity contribution in [3.05, 3.63) is 142 Å². The number of aryl methyl sites for hydroxylation is 1. The number of nitrogens with zero attached hydrogens (tertiary/aromatic N) is 3. The third-order valence-electron chi connectivity index (χ3n) is 6.81. The van der Waals surface area contributed by atoms with Gasteiger partial charge in [0.05, 0.1) is 11.4 Å². The third kappa shape index (κ3) is 5.32. The fourth-order valence-corrected chi connectivity index (χ4v) is 6.04. The summed E-state index contributed by atoms with van der Waals surface area (Å²) in [7, 11) is 2.11. The Labute approximate surface area is 238 Å². The molecule has 192 valence electrons. The van der Waals surface area contributed by atoms with E-state index in [0.29, 0.717) is 0 Å². The molecule has 0 aliphatic heterocycles. The molecular weight excluding hydrogens is 515 g/mol. The largest absolute Gasteiger partial charge is 0.344 e. The molecule has 4 aromatic carbocycles. The van der Waals surface area contributed by atoms with Gasteiger partial charge in [-0.1, -0.05) is 42.0 Å². The molecule has 5 heteroatoms. The molecule has 0 unspecified atom stereocenters. The second-order valence-corrected chi connectivity index (χ2v) is 11.0. The number of para-hydroxylation sites is 1. The summed E-state index contributed by atoms with van der Waals surface area (Å²) in [6, 6.07) is 41.2. The summed E-state index contributed by atoms with van der Waals surface area (Å²) in [5.74, 6) is 0. The number of thiophene rings is 2. The van der Waals surface area contributed by atoms with Gasteiger partial charge in [-0.3, -0.25) is 0 Å². The van der Waals surface area contributed by atoms with Crippen LogP contribution in [-0.2, 0) is 0 Å². The minimum Gasteiger partial charge on any atom is -0.344 e. The van der Waals surface area contributed by atoms with Crippen LogP contribution in [0.2, 0.25) is 0 Å². The normalized spacial score (nSPS) is 10.8. The summed E-state index contributed by atoms with van der Waals surface area (Å²) < 4.78 is 0. The van der Waals surface area contributed by atoms with E-state index in [1.165, 1.54) is 11.3 Å². The second kappa shape index (κ2) is 11.2. The zero-order valence-corrected chi connectivity index (χ0v) is 23.6. The lowest BCUT2D eigenvalue weighted by Crippen LogP contribution is -2.13. The molecule has 0 aliphatic carbocycles. The van der Waals surface area contributed by atoms with E-state index in [2.05, 4.69) is 165 Å². The molecule has 2 heterocycles. The van der Waals surface area contributed by atoms with Crippen LogP contribution < -0.4 is 14.7 Å². The monoisotopic (exact) mass is 543 g/mol. The molecule has 0 radical (unpaired) electrons. The maximum Gasteiger partial charge on any atom is 0.0568 e. The molecule has 0 saturated carbocycles. The van der Waals surface area contributed by atoms with Crippen molar-refractivity contribution in [2.75, 3.05) is 21.7 Å². The lowest BCUT2D eigenvalue weighted by molar-refractivity contribution is 1.21. The highest BCUT2D eigenvalue weighted by molar-refractivity contribution is 7.08. The summed E-state index contributed by atoms with van der Waals surface area (Å²) in [5.41, 5.74) is 10.4. The van der Waals surface area contributed by atoms with E-state index in [-0.39, 0.29) is 0 Å². The number of rotatable bonds is 8. The van der Waals surface area contributed by atoms with Crippen LogP contribution in [0.4, 0.5) is 45.5 Å². The van der Waals surface area contributed by atoms with Gasteiger partial charge in [-0.25, -0.2) is 0 Å². The molecular formula is C34H29N3S2. The van der Waals surface area contributed by atoms with Gasteiger partial charge in [0.1, 0.15) is 0 Å². The zero-order chi connectivity index (χ0) is 26.6. The first kappa shape index (κ1) is 25.0. The van der Waals surface area contributed by atoms with E-state index in [9.17, 15) is 0 Å². The lowest BCUT2D eigenvalue weighted by Gasteiger charge is -2.29. The highest BCUT2D eigenvalue weighted by Gasteiger charge is 2.17. The predicted octanol–water partition coefficient (Wildman–Crippen LogP) is 10.8. The molecule has 0 spiro atoms. The van der Waals surface area contributed by atoms with Gasteiger partial charge in [0.2, 0.25) is 0 Å². The Morgan fingerprint density at radius 3 is 1.51 bits per heavy atom. The minimum atomic E-state index is 1.10. The molecule has 0 N–H and O–H groups in total. The summed E-state index contributed by atoms with van der Waals surface area (Å²) in [6.45, 7) is 2.13. The number of hydrogen-bond donors (Lipinski definition) is 0. The standard InChI is InChI=1S/C34H29N3S2/c1-26-11-13-29(14-12-26)37(34-20-22-39-25-34)32-10-6-9-31(23-32)36(28-7-4-3-5-8-28)30-17-15-27(16-18-30)35(2)33-19-21-38-24-33/h3-25H,1-2H3. The van der Waals surface area contributed by atoms with Crippen molar-refractivity contribution in [1.29, 1.82) is 0 Å². The molecule has 0 atom stereocenters. The molecule has 0 aliphatic rings. The van der Waals surface area contributed by atoms with Crippen LogP contribution in [-0.4, -0.2) is 7.05 Å². The molecule has 0 bridgehead atoms. The second-order valence-electron chi connectivity index (χ2n) is 9.40. The maximum absolute atomic E-state index is 2.32. The van der Waals surface area contributed by atoms with E-state index in [0.717, 1.165) is 39.8 Å². The minimum absolute atomic E-state index is 1.10. The van der Waals surface area contributed by atoms with Crippen molar-refractivity contribution in [1.82, 2.24) is 0 Å². The smallest absolute Gasteiger partial charge is 0.0568 e. The Balaban J connectivity index is 1.42. The highest BCUT2D eigenvalue weighted by Crippen LogP contribution is 2.41. The van der Waals surface area contributed by atoms with Crippen LogP contribution in [0.3, 0.4) is 0 Å². The quantitative estimate of drug-likeness (QED) is 0.189. The first-order valence-corrected chi connectivity index (χ1v) is 14.8. The van der Waals surface area contributed by atoms with Crippen molar-refractivity contribution >= 4 is 68.2 Å². The van der Waals surface area contributed by atoms with Crippen LogP contribution >= 0.6 is 22.7 Å². The van der Waals surface area contributed by atoms with Crippen LogP contribution in [0.25, 0.3) is 0 Å². The van der Waals surface area contributed by atoms with Gasteiger partial charge in [0.15, 0.2) is 0 Å². The van der Waals surface area contributed by atoms with Gasteiger partial charge in [-0.2, -0.15) is 22.7 Å². The van der Waals surface area contributed by atoms with Crippen molar-refractivity contribution in [3.63, 3.8) is 0 Å². The molecule has 2 aromatic heterocycles. The highest BCUT2D eigenvalue weighted by atomic mass is 32.1. The third-order valence-corrected chi connectivity index (χ3v) is 8.15. The molecule has 3 nitrogen and oxygen atoms in total. The number of anilines is 8. The van der Waals surface area contributed by atoms with E-state index in [4.69, 9.17) is 0 Å². The first-order valence-electron chi connectivity index (χ1n) is 12.9. The molecule has 6 rings (SSSR count).